The second kappa shape index (κ2) is 7.58. The molecule has 3 aliphatic rings. The summed E-state index contributed by atoms with van der Waals surface area (Å²) < 4.78 is 41.0. The van der Waals surface area contributed by atoms with Crippen molar-refractivity contribution in [3.05, 3.63) is 41.1 Å². The highest BCUT2D eigenvalue weighted by Crippen LogP contribution is 2.31. The lowest BCUT2D eigenvalue weighted by molar-refractivity contribution is -0.131. The van der Waals surface area contributed by atoms with Gasteiger partial charge in [0.15, 0.2) is 0 Å². The van der Waals surface area contributed by atoms with Crippen molar-refractivity contribution in [3.8, 4) is 0 Å². The van der Waals surface area contributed by atoms with Gasteiger partial charge in [0, 0.05) is 24.0 Å². The van der Waals surface area contributed by atoms with E-state index in [1.807, 2.05) is 13.0 Å². The van der Waals surface area contributed by atoms with Gasteiger partial charge in [-0.05, 0) is 49.6 Å². The van der Waals surface area contributed by atoms with E-state index in [1.165, 1.54) is 27.8 Å². The molecule has 10 heteroatoms. The molecule has 1 fully saturated rings. The minimum Gasteiger partial charge on any atom is -0.273 e. The fourth-order valence-electron chi connectivity index (χ4n) is 3.77. The summed E-state index contributed by atoms with van der Waals surface area (Å²) >= 11 is 1.26. The van der Waals surface area contributed by atoms with Gasteiger partial charge in [-0.3, -0.25) is 9.69 Å². The van der Waals surface area contributed by atoms with E-state index in [0.29, 0.717) is 17.1 Å². The molecular formula is C19H20FN3O4S2. The quantitative estimate of drug-likeness (QED) is 0.725. The molecule has 2 aliphatic heterocycles. The van der Waals surface area contributed by atoms with Crippen molar-refractivity contribution in [2.45, 2.75) is 36.4 Å². The van der Waals surface area contributed by atoms with Crippen LogP contribution in [-0.4, -0.2) is 54.4 Å². The molecule has 7 nitrogen and oxygen atoms in total. The summed E-state index contributed by atoms with van der Waals surface area (Å²) in [5, 5.41) is 0. The normalized spacial score (nSPS) is 23.8. The second-order valence-corrected chi connectivity index (χ2v) is 10.4. The number of rotatable bonds is 4. The van der Waals surface area contributed by atoms with Crippen molar-refractivity contribution < 1.29 is 22.4 Å². The van der Waals surface area contributed by atoms with Crippen LogP contribution in [0.3, 0.4) is 0 Å². The Labute approximate surface area is 172 Å². The molecular weight excluding hydrogens is 417 g/mol. The van der Waals surface area contributed by atoms with Crippen molar-refractivity contribution >= 4 is 39.0 Å². The summed E-state index contributed by atoms with van der Waals surface area (Å²) in [5.74, 6) is -1.95. The number of hydrogen-bond acceptors (Lipinski definition) is 5. The highest BCUT2D eigenvalue weighted by Gasteiger charge is 2.42. The molecule has 154 valence electrons. The lowest BCUT2D eigenvalue weighted by Gasteiger charge is -2.38. The molecule has 1 aromatic rings. The molecule has 3 amide bonds. The molecule has 1 aromatic heterocycles. The number of sulfonamides is 1. The summed E-state index contributed by atoms with van der Waals surface area (Å²) in [4.78, 5) is 31.2. The summed E-state index contributed by atoms with van der Waals surface area (Å²) in [5.41, 5.74) is 0.238. The Morgan fingerprint density at radius 1 is 1.21 bits per heavy atom. The van der Waals surface area contributed by atoms with E-state index in [1.54, 1.807) is 6.07 Å². The van der Waals surface area contributed by atoms with Gasteiger partial charge in [-0.1, -0.05) is 6.92 Å². The standard InChI is InChI=1S/C19H20FN3O4S2/c1-2-14-4-6-17(28-14)29(26,27)22-9-7-13(8-10-22)23-18(24)15-11-12(20)3-5-16(15)21-19(23)25/h3-6,11,13,15H,2,7-10H2,1H3. The number of aliphatic imine (C=N–C) groups is 1. The Bertz CT molecular complexity index is 1050. The molecule has 29 heavy (non-hydrogen) atoms. The first-order valence-electron chi connectivity index (χ1n) is 9.41. The van der Waals surface area contributed by atoms with E-state index >= 15 is 0 Å². The zero-order valence-electron chi connectivity index (χ0n) is 15.7. The number of hydrogen-bond donors (Lipinski definition) is 0. The first-order valence-corrected chi connectivity index (χ1v) is 11.7. The Kier molecular flexibility index (Phi) is 5.26. The lowest BCUT2D eigenvalue weighted by atomic mass is 9.93. The Hall–Kier alpha value is -2.17. The van der Waals surface area contributed by atoms with E-state index in [-0.39, 0.29) is 18.8 Å². The number of carbonyl (C=O) groups excluding carboxylic acids is 2. The predicted molar refractivity (Wildman–Crippen MR) is 107 cm³/mol. The van der Waals surface area contributed by atoms with Gasteiger partial charge in [-0.25, -0.2) is 17.6 Å². The van der Waals surface area contributed by atoms with Crippen LogP contribution >= 0.6 is 11.3 Å². The van der Waals surface area contributed by atoms with Crippen LogP contribution in [0.2, 0.25) is 0 Å². The van der Waals surface area contributed by atoms with Crippen LogP contribution in [0.25, 0.3) is 0 Å². The predicted octanol–water partition coefficient (Wildman–Crippen LogP) is 2.91. The topological polar surface area (TPSA) is 87.1 Å². The van der Waals surface area contributed by atoms with Crippen molar-refractivity contribution in [3.63, 3.8) is 0 Å². The smallest absolute Gasteiger partial charge is 0.273 e. The van der Waals surface area contributed by atoms with Gasteiger partial charge in [0.2, 0.25) is 5.91 Å². The first kappa shape index (κ1) is 20.1. The van der Waals surface area contributed by atoms with Crippen LogP contribution in [-0.2, 0) is 21.2 Å². The maximum absolute atomic E-state index is 13.6. The summed E-state index contributed by atoms with van der Waals surface area (Å²) in [6.45, 7) is 2.38. The van der Waals surface area contributed by atoms with Crippen LogP contribution in [0.4, 0.5) is 9.18 Å². The fourth-order valence-corrected chi connectivity index (χ4v) is 6.69. The molecule has 1 atom stereocenters. The zero-order valence-corrected chi connectivity index (χ0v) is 17.4. The molecule has 1 unspecified atom stereocenters. The average Bonchev–Trinajstić information content (AvgIpc) is 3.19. The molecule has 1 aliphatic carbocycles. The van der Waals surface area contributed by atoms with E-state index in [9.17, 15) is 22.4 Å². The third-order valence-electron chi connectivity index (χ3n) is 5.36. The van der Waals surface area contributed by atoms with Crippen molar-refractivity contribution in [1.29, 1.82) is 0 Å². The van der Waals surface area contributed by atoms with Crippen LogP contribution in [0.1, 0.15) is 24.6 Å². The number of aryl methyl sites for hydroxylation is 1. The molecule has 0 aromatic carbocycles. The van der Waals surface area contributed by atoms with Gasteiger partial charge in [0.05, 0.1) is 5.71 Å². The number of amides is 3. The van der Waals surface area contributed by atoms with Gasteiger partial charge in [-0.15, -0.1) is 11.3 Å². The fraction of sp³-hybridized carbons (Fsp3) is 0.421. The van der Waals surface area contributed by atoms with Crippen molar-refractivity contribution in [2.75, 3.05) is 13.1 Å². The van der Waals surface area contributed by atoms with Gasteiger partial charge >= 0.3 is 6.03 Å². The summed E-state index contributed by atoms with van der Waals surface area (Å²) in [7, 11) is -3.59. The van der Waals surface area contributed by atoms with Gasteiger partial charge in [-0.2, -0.15) is 9.30 Å². The average molecular weight is 438 g/mol. The third-order valence-corrected chi connectivity index (χ3v) is 8.96. The molecule has 1 saturated heterocycles. The molecule has 0 spiro atoms. The van der Waals surface area contributed by atoms with E-state index in [4.69, 9.17) is 0 Å². The number of fused-ring (bicyclic) bond motifs is 1. The third kappa shape index (κ3) is 3.60. The molecule has 0 saturated carbocycles. The Morgan fingerprint density at radius 2 is 1.93 bits per heavy atom. The van der Waals surface area contributed by atoms with E-state index in [0.717, 1.165) is 22.3 Å². The number of halogens is 1. The number of thiophene rings is 1. The highest BCUT2D eigenvalue weighted by molar-refractivity contribution is 7.91. The monoisotopic (exact) mass is 437 g/mol. The van der Waals surface area contributed by atoms with Crippen LogP contribution in [0.15, 0.2) is 45.4 Å². The Morgan fingerprint density at radius 3 is 2.59 bits per heavy atom. The van der Waals surface area contributed by atoms with Crippen LogP contribution in [0, 0.1) is 5.92 Å². The maximum atomic E-state index is 13.6. The van der Waals surface area contributed by atoms with Crippen LogP contribution in [0.5, 0.6) is 0 Å². The summed E-state index contributed by atoms with van der Waals surface area (Å²) in [6, 6.07) is 2.31. The van der Waals surface area contributed by atoms with Gasteiger partial charge in [0.1, 0.15) is 16.0 Å². The maximum Gasteiger partial charge on any atom is 0.350 e. The summed E-state index contributed by atoms with van der Waals surface area (Å²) in [6.07, 6.45) is 5.08. The largest absolute Gasteiger partial charge is 0.350 e. The number of carbonyl (C=O) groups is 2. The highest BCUT2D eigenvalue weighted by atomic mass is 32.2. The molecule has 0 radical (unpaired) electrons. The molecule has 3 heterocycles. The minimum absolute atomic E-state index is 0.203. The van der Waals surface area contributed by atoms with Gasteiger partial charge in [0.25, 0.3) is 10.0 Å². The first-order chi connectivity index (χ1) is 13.8. The van der Waals surface area contributed by atoms with E-state index in [2.05, 4.69) is 4.99 Å². The van der Waals surface area contributed by atoms with E-state index < -0.39 is 39.7 Å². The second-order valence-electron chi connectivity index (χ2n) is 7.10. The number of nitrogens with zero attached hydrogens (tertiary/aromatic N) is 3. The Balaban J connectivity index is 1.48. The molecule has 0 N–H and O–H groups in total. The SMILES string of the molecule is CCc1ccc(S(=O)(=O)N2CCC(N3C(=O)N=C4C=CC(F)=CC4C3=O)CC2)s1. The lowest BCUT2D eigenvalue weighted by Crippen LogP contribution is -2.54. The number of piperidine rings is 1. The van der Waals surface area contributed by atoms with Crippen molar-refractivity contribution in [1.82, 2.24) is 9.21 Å². The van der Waals surface area contributed by atoms with Gasteiger partial charge < -0.3 is 0 Å². The van der Waals surface area contributed by atoms with Crippen LogP contribution < -0.4 is 0 Å². The molecule has 4 rings (SSSR count). The molecule has 0 bridgehead atoms. The zero-order chi connectivity index (χ0) is 20.8. The number of imide groups is 1. The minimum atomic E-state index is -3.59. The van der Waals surface area contributed by atoms with Crippen molar-refractivity contribution in [2.24, 2.45) is 10.9 Å². The number of urea groups is 1. The number of allylic oxidation sites excluding steroid dienone is 3.